The highest BCUT2D eigenvalue weighted by molar-refractivity contribution is 6.31. The average Bonchev–Trinajstić information content (AvgIpc) is 3.02. The van der Waals surface area contributed by atoms with E-state index in [1.165, 1.54) is 0 Å². The van der Waals surface area contributed by atoms with Gasteiger partial charge in [0.05, 0.1) is 0 Å². The van der Waals surface area contributed by atoms with Crippen molar-refractivity contribution in [2.24, 2.45) is 0 Å². The minimum atomic E-state index is -0.476. The van der Waals surface area contributed by atoms with Gasteiger partial charge in [0, 0.05) is 16.3 Å². The quantitative estimate of drug-likeness (QED) is 0.780. The molecule has 0 unspecified atom stereocenters. The Hall–Kier alpha value is -2.66. The second-order valence-corrected chi connectivity index (χ2v) is 5.60. The standard InChI is InChI=1S/C17H14ClN3O2/c1-10-3-6-12(7-4-10)16-20-21-17(23-16)15(22)19-13-8-5-11(2)14(18)9-13/h3-9H,1-2H3,(H,19,22). The summed E-state index contributed by atoms with van der Waals surface area (Å²) in [5.41, 5.74) is 3.40. The number of carbonyl (C=O) groups excluding carboxylic acids is 1. The molecule has 0 aliphatic carbocycles. The second kappa shape index (κ2) is 6.22. The van der Waals surface area contributed by atoms with Gasteiger partial charge in [-0.15, -0.1) is 10.2 Å². The summed E-state index contributed by atoms with van der Waals surface area (Å²) in [5.74, 6) is -0.273. The number of hydrogen-bond acceptors (Lipinski definition) is 4. The first-order valence-corrected chi connectivity index (χ1v) is 7.39. The summed E-state index contributed by atoms with van der Waals surface area (Å²) in [4.78, 5) is 12.2. The van der Waals surface area contributed by atoms with Crippen LogP contribution in [0.5, 0.6) is 0 Å². The van der Waals surface area contributed by atoms with E-state index in [4.69, 9.17) is 16.0 Å². The van der Waals surface area contributed by atoms with Crippen LogP contribution in [0.2, 0.25) is 5.02 Å². The Morgan fingerprint density at radius 2 is 1.83 bits per heavy atom. The van der Waals surface area contributed by atoms with Crippen molar-refractivity contribution in [3.05, 3.63) is 64.5 Å². The van der Waals surface area contributed by atoms with Gasteiger partial charge < -0.3 is 9.73 Å². The summed E-state index contributed by atoms with van der Waals surface area (Å²) < 4.78 is 5.43. The van der Waals surface area contributed by atoms with E-state index in [1.54, 1.807) is 12.1 Å². The maximum Gasteiger partial charge on any atom is 0.313 e. The minimum absolute atomic E-state index is 0.0997. The molecule has 0 saturated carbocycles. The van der Waals surface area contributed by atoms with Crippen molar-refractivity contribution < 1.29 is 9.21 Å². The molecule has 6 heteroatoms. The van der Waals surface area contributed by atoms with Gasteiger partial charge in [0.1, 0.15) is 0 Å². The number of halogens is 1. The van der Waals surface area contributed by atoms with Gasteiger partial charge in [-0.25, -0.2) is 0 Å². The maximum atomic E-state index is 12.2. The molecule has 5 nitrogen and oxygen atoms in total. The van der Waals surface area contributed by atoms with Crippen LogP contribution in [0.4, 0.5) is 5.69 Å². The van der Waals surface area contributed by atoms with Crippen molar-refractivity contribution in [1.82, 2.24) is 10.2 Å². The summed E-state index contributed by atoms with van der Waals surface area (Å²) in [5, 5.41) is 11.0. The first-order chi connectivity index (χ1) is 11.0. The van der Waals surface area contributed by atoms with Gasteiger partial charge in [-0.05, 0) is 43.7 Å². The van der Waals surface area contributed by atoms with Gasteiger partial charge in [-0.1, -0.05) is 35.4 Å². The third-order valence-electron chi connectivity index (χ3n) is 3.35. The predicted octanol–water partition coefficient (Wildman–Crippen LogP) is 4.26. The lowest BCUT2D eigenvalue weighted by molar-refractivity contribution is 0.0991. The smallest absolute Gasteiger partial charge is 0.313 e. The van der Waals surface area contributed by atoms with Crippen molar-refractivity contribution >= 4 is 23.2 Å². The van der Waals surface area contributed by atoms with Crippen LogP contribution in [0, 0.1) is 13.8 Å². The van der Waals surface area contributed by atoms with Crippen molar-refractivity contribution in [3.63, 3.8) is 0 Å². The first kappa shape index (κ1) is 15.2. The fourth-order valence-corrected chi connectivity index (χ4v) is 2.16. The lowest BCUT2D eigenvalue weighted by Gasteiger charge is -2.04. The number of aryl methyl sites for hydroxylation is 2. The number of carbonyl (C=O) groups is 1. The fourth-order valence-electron chi connectivity index (χ4n) is 1.98. The SMILES string of the molecule is Cc1ccc(-c2nnc(C(=O)Nc3ccc(C)c(Cl)c3)o2)cc1. The van der Waals surface area contributed by atoms with E-state index in [0.29, 0.717) is 16.6 Å². The van der Waals surface area contributed by atoms with Gasteiger partial charge in [0.25, 0.3) is 0 Å². The third-order valence-corrected chi connectivity index (χ3v) is 3.75. The van der Waals surface area contributed by atoms with Crippen molar-refractivity contribution in [2.75, 3.05) is 5.32 Å². The fraction of sp³-hybridized carbons (Fsp3) is 0.118. The van der Waals surface area contributed by atoms with E-state index in [9.17, 15) is 4.79 Å². The van der Waals surface area contributed by atoms with Gasteiger partial charge in [-0.2, -0.15) is 0 Å². The Morgan fingerprint density at radius 1 is 1.09 bits per heavy atom. The maximum absolute atomic E-state index is 12.2. The van der Waals surface area contributed by atoms with Crippen LogP contribution < -0.4 is 5.32 Å². The van der Waals surface area contributed by atoms with E-state index in [0.717, 1.165) is 16.7 Å². The topological polar surface area (TPSA) is 68.0 Å². The first-order valence-electron chi connectivity index (χ1n) is 7.01. The number of nitrogens with zero attached hydrogens (tertiary/aromatic N) is 2. The summed E-state index contributed by atoms with van der Waals surface area (Å²) in [7, 11) is 0. The molecule has 0 saturated heterocycles. The number of amides is 1. The van der Waals surface area contributed by atoms with Gasteiger partial charge in [0.15, 0.2) is 0 Å². The Balaban J connectivity index is 1.78. The third kappa shape index (κ3) is 3.40. The highest BCUT2D eigenvalue weighted by atomic mass is 35.5. The summed E-state index contributed by atoms with van der Waals surface area (Å²) >= 11 is 6.04. The molecular formula is C17H14ClN3O2. The Bertz CT molecular complexity index is 857. The van der Waals surface area contributed by atoms with Crippen molar-refractivity contribution in [2.45, 2.75) is 13.8 Å². The van der Waals surface area contributed by atoms with E-state index >= 15 is 0 Å². The molecule has 0 fully saturated rings. The number of anilines is 1. The van der Waals surface area contributed by atoms with Gasteiger partial charge in [0.2, 0.25) is 5.89 Å². The van der Waals surface area contributed by atoms with Crippen LogP contribution in [0.1, 0.15) is 21.8 Å². The zero-order valence-electron chi connectivity index (χ0n) is 12.6. The molecule has 1 heterocycles. The van der Waals surface area contributed by atoms with Crippen LogP contribution in [0.3, 0.4) is 0 Å². The molecule has 0 aliphatic heterocycles. The molecule has 0 spiro atoms. The highest BCUT2D eigenvalue weighted by Crippen LogP contribution is 2.21. The lowest BCUT2D eigenvalue weighted by Crippen LogP contribution is -2.12. The van der Waals surface area contributed by atoms with Crippen LogP contribution in [0.15, 0.2) is 46.9 Å². The molecule has 1 aromatic heterocycles. The van der Waals surface area contributed by atoms with E-state index in [-0.39, 0.29) is 5.89 Å². The lowest BCUT2D eigenvalue weighted by atomic mass is 10.1. The Labute approximate surface area is 138 Å². The number of aromatic nitrogens is 2. The molecular weight excluding hydrogens is 314 g/mol. The number of hydrogen-bond donors (Lipinski definition) is 1. The zero-order chi connectivity index (χ0) is 16.4. The highest BCUT2D eigenvalue weighted by Gasteiger charge is 2.16. The number of rotatable bonds is 3. The predicted molar refractivity (Wildman–Crippen MR) is 88.6 cm³/mol. The zero-order valence-corrected chi connectivity index (χ0v) is 13.4. The summed E-state index contributed by atoms with van der Waals surface area (Å²) in [6.07, 6.45) is 0. The average molecular weight is 328 g/mol. The van der Waals surface area contributed by atoms with Gasteiger partial charge >= 0.3 is 11.8 Å². The molecule has 116 valence electrons. The molecule has 0 aliphatic rings. The molecule has 1 amide bonds. The van der Waals surface area contributed by atoms with E-state index in [2.05, 4.69) is 15.5 Å². The molecule has 3 rings (SSSR count). The van der Waals surface area contributed by atoms with Crippen molar-refractivity contribution in [1.29, 1.82) is 0 Å². The molecule has 2 aromatic carbocycles. The Kier molecular flexibility index (Phi) is 4.12. The second-order valence-electron chi connectivity index (χ2n) is 5.20. The normalized spacial score (nSPS) is 10.6. The van der Waals surface area contributed by atoms with Gasteiger partial charge in [-0.3, -0.25) is 4.79 Å². The molecule has 3 aromatic rings. The summed E-state index contributed by atoms with van der Waals surface area (Å²) in [6.45, 7) is 3.88. The van der Waals surface area contributed by atoms with Crippen LogP contribution in [0.25, 0.3) is 11.5 Å². The molecule has 1 N–H and O–H groups in total. The van der Waals surface area contributed by atoms with Crippen LogP contribution in [-0.2, 0) is 0 Å². The Morgan fingerprint density at radius 3 is 2.52 bits per heavy atom. The monoisotopic (exact) mass is 327 g/mol. The molecule has 0 radical (unpaired) electrons. The molecule has 0 bridgehead atoms. The molecule has 0 atom stereocenters. The number of nitrogens with one attached hydrogen (secondary N) is 1. The largest absolute Gasteiger partial charge is 0.412 e. The summed E-state index contributed by atoms with van der Waals surface area (Å²) in [6, 6.07) is 12.9. The van der Waals surface area contributed by atoms with E-state index < -0.39 is 5.91 Å². The van der Waals surface area contributed by atoms with Crippen molar-refractivity contribution in [3.8, 4) is 11.5 Å². The molecule has 23 heavy (non-hydrogen) atoms. The van der Waals surface area contributed by atoms with E-state index in [1.807, 2.05) is 44.2 Å². The number of benzene rings is 2. The van der Waals surface area contributed by atoms with Crippen LogP contribution >= 0.6 is 11.6 Å². The minimum Gasteiger partial charge on any atom is -0.412 e. The van der Waals surface area contributed by atoms with Crippen LogP contribution in [-0.4, -0.2) is 16.1 Å².